The summed E-state index contributed by atoms with van der Waals surface area (Å²) in [4.78, 5) is 10.7. The van der Waals surface area contributed by atoms with Crippen molar-refractivity contribution < 1.29 is 0 Å². The molecule has 0 aromatic rings. The van der Waals surface area contributed by atoms with Crippen molar-refractivity contribution in [3.63, 3.8) is 0 Å². The predicted octanol–water partition coefficient (Wildman–Crippen LogP) is 3.26. The third-order valence-electron chi connectivity index (χ3n) is 3.84. The third kappa shape index (κ3) is 1.17. The number of hydrogen-bond donors (Lipinski definition) is 0. The summed E-state index contributed by atoms with van der Waals surface area (Å²) in [5.41, 5.74) is 0.361. The van der Waals surface area contributed by atoms with Gasteiger partial charge in [-0.25, -0.2) is 0 Å². The van der Waals surface area contributed by atoms with Gasteiger partial charge in [-0.05, 0) is 31.1 Å². The highest BCUT2D eigenvalue weighted by atomic mass is 16.3. The minimum Gasteiger partial charge on any atom is -0.150 e. The average molecular weight is 167 g/mol. The van der Waals surface area contributed by atoms with Gasteiger partial charge >= 0.3 is 0 Å². The van der Waals surface area contributed by atoms with Crippen molar-refractivity contribution in [1.29, 1.82) is 0 Å². The number of nitroso groups, excluding NO2 is 1. The largest absolute Gasteiger partial charge is 0.150 e. The molecule has 0 radical (unpaired) electrons. The monoisotopic (exact) mass is 167 g/mol. The van der Waals surface area contributed by atoms with Crippen LogP contribution in [0, 0.1) is 10.3 Å². The highest BCUT2D eigenvalue weighted by Gasteiger charge is 2.43. The van der Waals surface area contributed by atoms with Crippen LogP contribution in [0.5, 0.6) is 0 Å². The van der Waals surface area contributed by atoms with Gasteiger partial charge in [0.1, 0.15) is 0 Å². The lowest BCUT2D eigenvalue weighted by Crippen LogP contribution is -2.34. The Morgan fingerprint density at radius 3 is 2.17 bits per heavy atom. The second-order valence-corrected chi connectivity index (χ2v) is 4.44. The summed E-state index contributed by atoms with van der Waals surface area (Å²) >= 11 is 0. The van der Waals surface area contributed by atoms with E-state index in [1.165, 1.54) is 44.9 Å². The fourth-order valence-electron chi connectivity index (χ4n) is 3.11. The first-order valence-electron chi connectivity index (χ1n) is 5.20. The topological polar surface area (TPSA) is 29.4 Å². The Labute approximate surface area is 73.7 Å². The van der Waals surface area contributed by atoms with Crippen LogP contribution in [0.4, 0.5) is 0 Å². The van der Waals surface area contributed by atoms with Crippen molar-refractivity contribution in [3.05, 3.63) is 4.91 Å². The standard InChI is InChI=1S/C10H17NO/c12-11-9-5-1-2-6-10(9)7-3-4-8-10/h9H,1-8H2. The van der Waals surface area contributed by atoms with E-state index in [0.717, 1.165) is 6.42 Å². The van der Waals surface area contributed by atoms with E-state index in [9.17, 15) is 4.91 Å². The maximum Gasteiger partial charge on any atom is 0.0975 e. The average Bonchev–Trinajstić information content (AvgIpc) is 2.55. The van der Waals surface area contributed by atoms with E-state index < -0.39 is 0 Å². The van der Waals surface area contributed by atoms with E-state index in [1.54, 1.807) is 0 Å². The Kier molecular flexibility index (Phi) is 2.16. The highest BCUT2D eigenvalue weighted by Crippen LogP contribution is 2.50. The Morgan fingerprint density at radius 1 is 1.00 bits per heavy atom. The molecule has 2 heteroatoms. The molecular formula is C10H17NO. The maximum atomic E-state index is 10.7. The molecule has 0 saturated heterocycles. The van der Waals surface area contributed by atoms with E-state index in [-0.39, 0.29) is 6.04 Å². The zero-order valence-corrected chi connectivity index (χ0v) is 7.59. The lowest BCUT2D eigenvalue weighted by molar-refractivity contribution is 0.160. The molecule has 2 aliphatic carbocycles. The van der Waals surface area contributed by atoms with Crippen molar-refractivity contribution in [2.75, 3.05) is 0 Å². The first-order chi connectivity index (χ1) is 5.87. The van der Waals surface area contributed by atoms with Gasteiger partial charge in [0.25, 0.3) is 0 Å². The molecule has 2 saturated carbocycles. The summed E-state index contributed by atoms with van der Waals surface area (Å²) < 4.78 is 0. The van der Waals surface area contributed by atoms with Crippen molar-refractivity contribution in [1.82, 2.24) is 0 Å². The molecule has 2 fully saturated rings. The predicted molar refractivity (Wildman–Crippen MR) is 49.0 cm³/mol. The van der Waals surface area contributed by atoms with Crippen LogP contribution >= 0.6 is 0 Å². The van der Waals surface area contributed by atoms with Gasteiger partial charge in [0, 0.05) is 0 Å². The molecule has 2 nitrogen and oxygen atoms in total. The van der Waals surface area contributed by atoms with Crippen LogP contribution in [0.15, 0.2) is 5.18 Å². The number of nitrogens with zero attached hydrogens (tertiary/aromatic N) is 1. The summed E-state index contributed by atoms with van der Waals surface area (Å²) in [5.74, 6) is 0. The Morgan fingerprint density at radius 2 is 1.58 bits per heavy atom. The zero-order chi connectivity index (χ0) is 8.44. The van der Waals surface area contributed by atoms with Crippen LogP contribution < -0.4 is 0 Å². The molecule has 2 rings (SSSR count). The number of hydrogen-bond acceptors (Lipinski definition) is 2. The van der Waals surface area contributed by atoms with Crippen molar-refractivity contribution >= 4 is 0 Å². The molecule has 2 aliphatic rings. The van der Waals surface area contributed by atoms with Crippen LogP contribution in [-0.4, -0.2) is 6.04 Å². The van der Waals surface area contributed by atoms with Gasteiger partial charge in [-0.15, -0.1) is 0 Å². The fraction of sp³-hybridized carbons (Fsp3) is 1.00. The summed E-state index contributed by atoms with van der Waals surface area (Å²) in [7, 11) is 0. The Hall–Kier alpha value is -0.400. The molecule has 1 unspecified atom stereocenters. The van der Waals surface area contributed by atoms with E-state index in [4.69, 9.17) is 0 Å². The normalized spacial score (nSPS) is 33.8. The lowest BCUT2D eigenvalue weighted by atomic mass is 9.69. The van der Waals surface area contributed by atoms with Crippen LogP contribution in [-0.2, 0) is 0 Å². The minimum absolute atomic E-state index is 0.161. The zero-order valence-electron chi connectivity index (χ0n) is 7.59. The third-order valence-corrected chi connectivity index (χ3v) is 3.84. The van der Waals surface area contributed by atoms with Crippen LogP contribution in [0.1, 0.15) is 51.4 Å². The minimum atomic E-state index is 0.161. The van der Waals surface area contributed by atoms with E-state index in [1.807, 2.05) is 0 Å². The highest BCUT2D eigenvalue weighted by molar-refractivity contribution is 4.96. The molecule has 0 aromatic carbocycles. The summed E-state index contributed by atoms with van der Waals surface area (Å²) in [6, 6.07) is 0.161. The summed E-state index contributed by atoms with van der Waals surface area (Å²) in [5, 5.41) is 3.33. The number of rotatable bonds is 1. The molecule has 0 aromatic heterocycles. The molecule has 0 amide bonds. The molecule has 0 heterocycles. The van der Waals surface area contributed by atoms with Gasteiger partial charge in [-0.1, -0.05) is 30.9 Å². The Balaban J connectivity index is 2.12. The van der Waals surface area contributed by atoms with Gasteiger partial charge in [0.15, 0.2) is 0 Å². The SMILES string of the molecule is O=NC1CCCCC12CCCC2. The molecule has 0 bridgehead atoms. The molecule has 1 spiro atoms. The first kappa shape index (κ1) is 8.21. The van der Waals surface area contributed by atoms with Crippen molar-refractivity contribution in [2.24, 2.45) is 10.6 Å². The quantitative estimate of drug-likeness (QED) is 0.551. The van der Waals surface area contributed by atoms with Crippen LogP contribution in [0.2, 0.25) is 0 Å². The fourth-order valence-corrected chi connectivity index (χ4v) is 3.11. The molecule has 68 valence electrons. The molecule has 12 heavy (non-hydrogen) atoms. The van der Waals surface area contributed by atoms with E-state index in [0.29, 0.717) is 5.41 Å². The van der Waals surface area contributed by atoms with Crippen LogP contribution in [0.25, 0.3) is 0 Å². The molecular weight excluding hydrogens is 150 g/mol. The molecule has 0 aliphatic heterocycles. The summed E-state index contributed by atoms with van der Waals surface area (Å²) in [6.45, 7) is 0. The van der Waals surface area contributed by atoms with Gasteiger partial charge in [-0.2, -0.15) is 4.91 Å². The first-order valence-corrected chi connectivity index (χ1v) is 5.20. The maximum absolute atomic E-state index is 10.7. The van der Waals surface area contributed by atoms with Crippen LogP contribution in [0.3, 0.4) is 0 Å². The van der Waals surface area contributed by atoms with Crippen molar-refractivity contribution in [3.8, 4) is 0 Å². The second-order valence-electron chi connectivity index (χ2n) is 4.44. The van der Waals surface area contributed by atoms with E-state index >= 15 is 0 Å². The van der Waals surface area contributed by atoms with E-state index in [2.05, 4.69) is 5.18 Å². The lowest BCUT2D eigenvalue weighted by Gasteiger charge is -2.37. The Bertz CT molecular complexity index is 173. The molecule has 1 atom stereocenters. The molecule has 0 N–H and O–H groups in total. The summed E-state index contributed by atoms with van der Waals surface area (Å²) in [6.07, 6.45) is 10.1. The smallest absolute Gasteiger partial charge is 0.0975 e. The second kappa shape index (κ2) is 3.15. The van der Waals surface area contributed by atoms with Crippen molar-refractivity contribution in [2.45, 2.75) is 57.4 Å². The van der Waals surface area contributed by atoms with Gasteiger partial charge in [0.2, 0.25) is 0 Å². The van der Waals surface area contributed by atoms with Gasteiger partial charge in [-0.3, -0.25) is 0 Å². The van der Waals surface area contributed by atoms with Gasteiger partial charge in [0.05, 0.1) is 6.04 Å². The van der Waals surface area contributed by atoms with Gasteiger partial charge < -0.3 is 0 Å².